The first-order valence-electron chi connectivity index (χ1n) is 7.05. The highest BCUT2D eigenvalue weighted by molar-refractivity contribution is 6.16. The van der Waals surface area contributed by atoms with E-state index >= 15 is 0 Å². The third kappa shape index (κ3) is 1.88. The van der Waals surface area contributed by atoms with Crippen molar-refractivity contribution in [1.82, 2.24) is 19.3 Å². The lowest BCUT2D eigenvalue weighted by atomic mass is 9.67. The molecule has 2 aromatic heterocycles. The third-order valence-corrected chi connectivity index (χ3v) is 4.99. The SMILES string of the molecule is CCC1(Cn2c(CCl)nc3c(C)nn(C)c32)CCC1. The molecule has 1 fully saturated rings. The number of hydrogen-bond donors (Lipinski definition) is 0. The zero-order valence-corrected chi connectivity index (χ0v) is 12.7. The van der Waals surface area contributed by atoms with Crippen molar-refractivity contribution >= 4 is 22.8 Å². The molecular weight excluding hydrogens is 260 g/mol. The summed E-state index contributed by atoms with van der Waals surface area (Å²) in [5, 5.41) is 4.48. The van der Waals surface area contributed by atoms with E-state index in [0.717, 1.165) is 29.2 Å². The van der Waals surface area contributed by atoms with E-state index in [1.165, 1.54) is 25.7 Å². The van der Waals surface area contributed by atoms with Crippen molar-refractivity contribution in [2.45, 2.75) is 52.0 Å². The van der Waals surface area contributed by atoms with Crippen LogP contribution in [0.1, 0.15) is 44.1 Å². The van der Waals surface area contributed by atoms with Crippen LogP contribution in [-0.2, 0) is 19.5 Å². The second-order valence-electron chi connectivity index (χ2n) is 5.84. The summed E-state index contributed by atoms with van der Waals surface area (Å²) in [4.78, 5) is 4.68. The van der Waals surface area contributed by atoms with Crippen molar-refractivity contribution in [3.05, 3.63) is 11.5 Å². The molecule has 4 nitrogen and oxygen atoms in total. The smallest absolute Gasteiger partial charge is 0.158 e. The van der Waals surface area contributed by atoms with Crippen LogP contribution in [0.4, 0.5) is 0 Å². The molecule has 0 amide bonds. The molecule has 1 saturated carbocycles. The number of rotatable bonds is 4. The molecule has 19 heavy (non-hydrogen) atoms. The number of hydrogen-bond acceptors (Lipinski definition) is 2. The van der Waals surface area contributed by atoms with Crippen molar-refractivity contribution in [2.75, 3.05) is 0 Å². The Morgan fingerprint density at radius 2 is 2.11 bits per heavy atom. The maximum Gasteiger partial charge on any atom is 0.158 e. The quantitative estimate of drug-likeness (QED) is 0.805. The predicted molar refractivity (Wildman–Crippen MR) is 77.4 cm³/mol. The molecule has 0 aromatic carbocycles. The molecule has 2 heterocycles. The van der Waals surface area contributed by atoms with Crippen LogP contribution in [0.3, 0.4) is 0 Å². The highest BCUT2D eigenvalue weighted by atomic mass is 35.5. The molecule has 0 bridgehead atoms. The second kappa shape index (κ2) is 4.51. The lowest BCUT2D eigenvalue weighted by Crippen LogP contribution is -2.34. The summed E-state index contributed by atoms with van der Waals surface area (Å²) in [6, 6.07) is 0. The Labute approximate surface area is 118 Å². The van der Waals surface area contributed by atoms with Gasteiger partial charge in [0.1, 0.15) is 11.3 Å². The van der Waals surface area contributed by atoms with Gasteiger partial charge in [0.05, 0.1) is 11.6 Å². The number of alkyl halides is 1. The Bertz CT molecular complexity index is 601. The van der Waals surface area contributed by atoms with Gasteiger partial charge in [0.15, 0.2) is 5.65 Å². The Morgan fingerprint density at radius 1 is 1.37 bits per heavy atom. The highest BCUT2D eigenvalue weighted by Crippen LogP contribution is 2.45. The maximum absolute atomic E-state index is 6.09. The van der Waals surface area contributed by atoms with Gasteiger partial charge >= 0.3 is 0 Å². The van der Waals surface area contributed by atoms with Crippen LogP contribution >= 0.6 is 11.6 Å². The minimum atomic E-state index is 0.451. The van der Waals surface area contributed by atoms with E-state index in [4.69, 9.17) is 11.6 Å². The summed E-state index contributed by atoms with van der Waals surface area (Å²) in [7, 11) is 1.99. The van der Waals surface area contributed by atoms with E-state index in [-0.39, 0.29) is 0 Å². The van der Waals surface area contributed by atoms with Gasteiger partial charge in [-0.25, -0.2) is 4.98 Å². The first-order chi connectivity index (χ1) is 9.10. The summed E-state index contributed by atoms with van der Waals surface area (Å²) in [6.07, 6.45) is 5.22. The maximum atomic E-state index is 6.09. The van der Waals surface area contributed by atoms with Gasteiger partial charge < -0.3 is 4.57 Å². The highest BCUT2D eigenvalue weighted by Gasteiger charge is 2.36. The van der Waals surface area contributed by atoms with Crippen LogP contribution in [-0.4, -0.2) is 19.3 Å². The first-order valence-corrected chi connectivity index (χ1v) is 7.58. The molecule has 0 atom stereocenters. The molecule has 0 unspecified atom stereocenters. The molecule has 0 spiro atoms. The Kier molecular flexibility index (Phi) is 3.08. The average molecular weight is 281 g/mol. The van der Waals surface area contributed by atoms with Crippen molar-refractivity contribution in [3.63, 3.8) is 0 Å². The molecule has 2 aromatic rings. The van der Waals surface area contributed by atoms with Gasteiger partial charge in [-0.3, -0.25) is 4.68 Å². The van der Waals surface area contributed by atoms with Gasteiger partial charge in [-0.15, -0.1) is 11.6 Å². The molecule has 0 radical (unpaired) electrons. The number of imidazole rings is 1. The largest absolute Gasteiger partial charge is 0.311 e. The topological polar surface area (TPSA) is 35.6 Å². The van der Waals surface area contributed by atoms with Crippen LogP contribution in [0.2, 0.25) is 0 Å². The summed E-state index contributed by atoms with van der Waals surface area (Å²) in [5.41, 5.74) is 3.56. The summed E-state index contributed by atoms with van der Waals surface area (Å²) >= 11 is 6.09. The van der Waals surface area contributed by atoms with Crippen LogP contribution in [0.15, 0.2) is 0 Å². The zero-order chi connectivity index (χ0) is 13.6. The first kappa shape index (κ1) is 13.0. The zero-order valence-electron chi connectivity index (χ0n) is 11.9. The van der Waals surface area contributed by atoms with Crippen molar-refractivity contribution in [1.29, 1.82) is 0 Å². The summed E-state index contributed by atoms with van der Waals surface area (Å²) < 4.78 is 4.24. The molecule has 3 rings (SSSR count). The Hall–Kier alpha value is -1.03. The molecule has 0 aliphatic heterocycles. The minimum Gasteiger partial charge on any atom is -0.311 e. The van der Waals surface area contributed by atoms with Gasteiger partial charge in [0.25, 0.3) is 0 Å². The molecule has 0 saturated heterocycles. The van der Waals surface area contributed by atoms with Crippen LogP contribution < -0.4 is 0 Å². The van der Waals surface area contributed by atoms with Gasteiger partial charge in [-0.2, -0.15) is 5.10 Å². The number of aromatic nitrogens is 4. The minimum absolute atomic E-state index is 0.451. The van der Waals surface area contributed by atoms with E-state index in [9.17, 15) is 0 Å². The van der Waals surface area contributed by atoms with E-state index in [0.29, 0.717) is 11.3 Å². The fourth-order valence-electron chi connectivity index (χ4n) is 3.28. The number of aryl methyl sites for hydroxylation is 2. The fourth-order valence-corrected chi connectivity index (χ4v) is 3.49. The van der Waals surface area contributed by atoms with E-state index in [1.807, 2.05) is 18.7 Å². The van der Waals surface area contributed by atoms with Gasteiger partial charge in [-0.05, 0) is 31.6 Å². The Morgan fingerprint density at radius 3 is 2.63 bits per heavy atom. The third-order valence-electron chi connectivity index (χ3n) is 4.75. The molecule has 1 aliphatic carbocycles. The second-order valence-corrected chi connectivity index (χ2v) is 6.10. The van der Waals surface area contributed by atoms with Gasteiger partial charge in [-0.1, -0.05) is 13.3 Å². The van der Waals surface area contributed by atoms with E-state index in [1.54, 1.807) is 0 Å². The molecule has 1 aliphatic rings. The van der Waals surface area contributed by atoms with Crippen molar-refractivity contribution < 1.29 is 0 Å². The van der Waals surface area contributed by atoms with Gasteiger partial charge in [0.2, 0.25) is 0 Å². The molecule has 5 heteroatoms. The average Bonchev–Trinajstić information content (AvgIpc) is 2.83. The molecule has 0 N–H and O–H groups in total. The predicted octanol–water partition coefficient (Wildman–Crippen LogP) is 3.40. The van der Waals surface area contributed by atoms with Crippen molar-refractivity contribution in [2.24, 2.45) is 12.5 Å². The van der Waals surface area contributed by atoms with Gasteiger partial charge in [0, 0.05) is 13.6 Å². The van der Waals surface area contributed by atoms with Crippen LogP contribution in [0.5, 0.6) is 0 Å². The number of fused-ring (bicyclic) bond motifs is 1. The molecular formula is C14H21ClN4. The fraction of sp³-hybridized carbons (Fsp3) is 0.714. The standard InChI is InChI=1S/C14H21ClN4/c1-4-14(6-5-7-14)9-19-11(8-15)16-12-10(2)17-18(3)13(12)19/h4-9H2,1-3H3. The summed E-state index contributed by atoms with van der Waals surface area (Å²) in [5.74, 6) is 1.45. The van der Waals surface area contributed by atoms with Crippen molar-refractivity contribution in [3.8, 4) is 0 Å². The van der Waals surface area contributed by atoms with Crippen LogP contribution in [0, 0.1) is 12.3 Å². The normalized spacial score (nSPS) is 17.9. The molecule has 104 valence electrons. The lowest BCUT2D eigenvalue weighted by molar-refractivity contribution is 0.101. The van der Waals surface area contributed by atoms with E-state index < -0.39 is 0 Å². The Balaban J connectivity index is 2.10. The number of halogens is 1. The summed E-state index contributed by atoms with van der Waals surface area (Å²) in [6.45, 7) is 5.33. The number of nitrogens with zero attached hydrogens (tertiary/aromatic N) is 4. The van der Waals surface area contributed by atoms with E-state index in [2.05, 4.69) is 21.6 Å². The van der Waals surface area contributed by atoms with Crippen LogP contribution in [0.25, 0.3) is 11.2 Å². The lowest BCUT2D eigenvalue weighted by Gasteiger charge is -2.41. The monoisotopic (exact) mass is 280 g/mol.